The van der Waals surface area contributed by atoms with Gasteiger partial charge in [-0.15, -0.1) is 0 Å². The summed E-state index contributed by atoms with van der Waals surface area (Å²) in [5.74, 6) is 3.39. The first-order valence-electron chi connectivity index (χ1n) is 10.8. The maximum absolute atomic E-state index is 6.12. The zero-order valence-electron chi connectivity index (χ0n) is 17.0. The second kappa shape index (κ2) is 7.30. The molecule has 0 aromatic carbocycles. The molecular formula is C20H32N6O2. The Balaban J connectivity index is 1.23. The molecule has 4 unspecified atom stereocenters. The number of ether oxygens (including phenoxy) is 2. The van der Waals surface area contributed by atoms with Crippen LogP contribution in [-0.4, -0.2) is 59.7 Å². The van der Waals surface area contributed by atoms with Crippen LogP contribution < -0.4 is 10.6 Å². The van der Waals surface area contributed by atoms with Crippen LogP contribution in [0.2, 0.25) is 0 Å². The summed E-state index contributed by atoms with van der Waals surface area (Å²) in [5, 5.41) is 12.0. The van der Waals surface area contributed by atoms with Crippen LogP contribution in [-0.2, 0) is 29.0 Å². The number of fused-ring (bicyclic) bond motifs is 3. The van der Waals surface area contributed by atoms with Crippen molar-refractivity contribution in [3.05, 3.63) is 11.6 Å². The van der Waals surface area contributed by atoms with E-state index in [1.54, 1.807) is 7.11 Å². The van der Waals surface area contributed by atoms with Gasteiger partial charge >= 0.3 is 0 Å². The lowest BCUT2D eigenvalue weighted by Gasteiger charge is -2.57. The molecule has 0 radical (unpaired) electrons. The molecule has 3 fully saturated rings. The molecule has 1 aromatic heterocycles. The Hall–Kier alpha value is -1.67. The summed E-state index contributed by atoms with van der Waals surface area (Å²) < 4.78 is 13.3. The molecular weight excluding hydrogens is 356 g/mol. The summed E-state index contributed by atoms with van der Waals surface area (Å²) in [7, 11) is 3.55. The van der Waals surface area contributed by atoms with Crippen LogP contribution in [0.25, 0.3) is 0 Å². The molecule has 0 amide bonds. The van der Waals surface area contributed by atoms with Crippen molar-refractivity contribution < 1.29 is 9.47 Å². The van der Waals surface area contributed by atoms with E-state index in [9.17, 15) is 0 Å². The van der Waals surface area contributed by atoms with Gasteiger partial charge in [-0.05, 0) is 25.7 Å². The van der Waals surface area contributed by atoms with E-state index < -0.39 is 0 Å². The Morgan fingerprint density at radius 2 is 2.18 bits per heavy atom. The van der Waals surface area contributed by atoms with Crippen LogP contribution in [0.1, 0.15) is 50.2 Å². The maximum atomic E-state index is 6.12. The number of nitrogens with one attached hydrogen (secondary N) is 2. The molecule has 1 aromatic rings. The number of aliphatic imine (C=N–C) groups is 1. The third-order valence-corrected chi connectivity index (χ3v) is 7.32. The molecule has 4 atom stereocenters. The minimum absolute atomic E-state index is 0.311. The molecule has 1 spiro atoms. The van der Waals surface area contributed by atoms with Crippen LogP contribution in [0.5, 0.6) is 0 Å². The number of nitrogens with zero attached hydrogens (tertiary/aromatic N) is 4. The highest BCUT2D eigenvalue weighted by molar-refractivity contribution is 5.80. The van der Waals surface area contributed by atoms with Crippen LogP contribution in [0, 0.1) is 11.3 Å². The molecule has 4 aliphatic rings. The highest BCUT2D eigenvalue weighted by Gasteiger charge is 2.65. The largest absolute Gasteiger partial charge is 0.377 e. The number of aromatic nitrogens is 3. The number of aryl methyl sites for hydroxylation is 1. The van der Waals surface area contributed by atoms with Gasteiger partial charge in [0.2, 0.25) is 0 Å². The van der Waals surface area contributed by atoms with E-state index in [4.69, 9.17) is 9.47 Å². The van der Waals surface area contributed by atoms with E-state index in [0.29, 0.717) is 36.1 Å². The van der Waals surface area contributed by atoms with Gasteiger partial charge in [-0.1, -0.05) is 12.8 Å². The van der Waals surface area contributed by atoms with E-state index in [2.05, 4.69) is 25.7 Å². The van der Waals surface area contributed by atoms with Crippen molar-refractivity contribution >= 4 is 5.96 Å². The predicted molar refractivity (Wildman–Crippen MR) is 105 cm³/mol. The van der Waals surface area contributed by atoms with Gasteiger partial charge in [0.05, 0.1) is 12.6 Å². The monoisotopic (exact) mass is 388 g/mol. The lowest BCUT2D eigenvalue weighted by molar-refractivity contribution is -0.125. The SMILES string of the molecule is CN=C(NC1CCc2nc(COC)nn2C1)NC1C2CCOC2C12CCCC2. The van der Waals surface area contributed by atoms with Crippen LogP contribution in [0.4, 0.5) is 0 Å². The second-order valence-corrected chi connectivity index (χ2v) is 8.82. The molecule has 2 N–H and O–H groups in total. The van der Waals surface area contributed by atoms with Crippen molar-refractivity contribution in [1.29, 1.82) is 0 Å². The van der Waals surface area contributed by atoms with Gasteiger partial charge < -0.3 is 20.1 Å². The van der Waals surface area contributed by atoms with Gasteiger partial charge in [0, 0.05) is 50.6 Å². The Morgan fingerprint density at radius 1 is 1.32 bits per heavy atom. The van der Waals surface area contributed by atoms with Crippen molar-refractivity contribution in [1.82, 2.24) is 25.4 Å². The van der Waals surface area contributed by atoms with E-state index in [1.165, 1.54) is 32.1 Å². The third-order valence-electron chi connectivity index (χ3n) is 7.32. The smallest absolute Gasteiger partial charge is 0.191 e. The van der Waals surface area contributed by atoms with E-state index in [1.807, 2.05) is 11.7 Å². The van der Waals surface area contributed by atoms with Gasteiger partial charge in [-0.3, -0.25) is 4.99 Å². The number of methoxy groups -OCH3 is 1. The standard InChI is InChI=1S/C20H32N6O2/c1-21-19(22-13-5-6-16-23-15(12-27-2)25-26(16)11-13)24-17-14-7-10-28-18(14)20(17)8-3-4-9-20/h13-14,17-18H,3-12H2,1-2H3,(H2,21,22,24). The molecule has 2 aliphatic heterocycles. The maximum Gasteiger partial charge on any atom is 0.191 e. The van der Waals surface area contributed by atoms with E-state index in [-0.39, 0.29) is 0 Å². The summed E-state index contributed by atoms with van der Waals surface area (Å²) in [4.78, 5) is 9.12. The van der Waals surface area contributed by atoms with Crippen molar-refractivity contribution in [3.8, 4) is 0 Å². The van der Waals surface area contributed by atoms with Gasteiger partial charge in [0.15, 0.2) is 11.8 Å². The molecule has 3 heterocycles. The van der Waals surface area contributed by atoms with Gasteiger partial charge in [0.25, 0.3) is 0 Å². The predicted octanol–water partition coefficient (Wildman–Crippen LogP) is 1.25. The first kappa shape index (κ1) is 18.4. The fraction of sp³-hybridized carbons (Fsp3) is 0.850. The third kappa shape index (κ3) is 2.92. The zero-order valence-corrected chi connectivity index (χ0v) is 17.0. The summed E-state index contributed by atoms with van der Waals surface area (Å²) in [6.07, 6.45) is 8.85. The minimum Gasteiger partial charge on any atom is -0.377 e. The van der Waals surface area contributed by atoms with Crippen molar-refractivity contribution in [2.45, 2.75) is 76.3 Å². The number of hydrogen-bond acceptors (Lipinski definition) is 5. The number of guanidine groups is 1. The molecule has 5 rings (SSSR count). The molecule has 8 heteroatoms. The van der Waals surface area contributed by atoms with Crippen LogP contribution in [0.15, 0.2) is 4.99 Å². The van der Waals surface area contributed by atoms with Crippen LogP contribution in [0.3, 0.4) is 0 Å². The van der Waals surface area contributed by atoms with Gasteiger partial charge in [-0.25, -0.2) is 9.67 Å². The Labute approximate surface area is 166 Å². The Kier molecular flexibility index (Phi) is 4.79. The summed E-state index contributed by atoms with van der Waals surface area (Å²) in [6, 6.07) is 0.804. The van der Waals surface area contributed by atoms with Gasteiger partial charge in [0.1, 0.15) is 12.4 Å². The fourth-order valence-corrected chi connectivity index (χ4v) is 6.08. The fourth-order valence-electron chi connectivity index (χ4n) is 6.08. The minimum atomic E-state index is 0.311. The number of hydrogen-bond donors (Lipinski definition) is 2. The number of rotatable bonds is 4. The molecule has 2 aliphatic carbocycles. The molecule has 28 heavy (non-hydrogen) atoms. The molecule has 0 bridgehead atoms. The summed E-state index contributed by atoms with van der Waals surface area (Å²) in [6.45, 7) is 2.20. The second-order valence-electron chi connectivity index (χ2n) is 8.82. The molecule has 2 saturated carbocycles. The highest BCUT2D eigenvalue weighted by Crippen LogP contribution is 2.60. The van der Waals surface area contributed by atoms with E-state index in [0.717, 1.165) is 43.6 Å². The Morgan fingerprint density at radius 3 is 2.96 bits per heavy atom. The van der Waals surface area contributed by atoms with Crippen LogP contribution >= 0.6 is 0 Å². The average Bonchev–Trinajstić information content (AvgIpc) is 3.42. The zero-order chi connectivity index (χ0) is 19.1. The lowest BCUT2D eigenvalue weighted by atomic mass is 9.54. The van der Waals surface area contributed by atoms with E-state index >= 15 is 0 Å². The molecule has 154 valence electrons. The van der Waals surface area contributed by atoms with Crippen molar-refractivity contribution in [2.75, 3.05) is 20.8 Å². The normalized spacial score (nSPS) is 33.4. The summed E-state index contributed by atoms with van der Waals surface area (Å²) in [5.41, 5.74) is 0.333. The Bertz CT molecular complexity index is 741. The molecule has 1 saturated heterocycles. The van der Waals surface area contributed by atoms with Gasteiger partial charge in [-0.2, -0.15) is 5.10 Å². The topological polar surface area (TPSA) is 85.6 Å². The quantitative estimate of drug-likeness (QED) is 0.597. The molecule has 8 nitrogen and oxygen atoms in total. The lowest BCUT2D eigenvalue weighted by Crippen LogP contribution is -2.69. The first-order valence-corrected chi connectivity index (χ1v) is 10.8. The summed E-state index contributed by atoms with van der Waals surface area (Å²) >= 11 is 0. The van der Waals surface area contributed by atoms with Crippen molar-refractivity contribution in [3.63, 3.8) is 0 Å². The van der Waals surface area contributed by atoms with Crippen molar-refractivity contribution in [2.24, 2.45) is 16.3 Å². The highest BCUT2D eigenvalue weighted by atomic mass is 16.5. The average molecular weight is 389 g/mol. The first-order chi connectivity index (χ1) is 13.7.